The maximum Gasteiger partial charge on any atom is 0.290 e. The molecule has 0 aliphatic carbocycles. The topological polar surface area (TPSA) is 102 Å². The van der Waals surface area contributed by atoms with Gasteiger partial charge in [0.1, 0.15) is 23.1 Å². The lowest BCUT2D eigenvalue weighted by molar-refractivity contribution is -0.385. The molecule has 0 heterocycles. The molecule has 0 aromatic heterocycles. The smallest absolute Gasteiger partial charge is 0.290 e. The Morgan fingerprint density at radius 2 is 2.00 bits per heavy atom. The normalized spacial score (nSPS) is 9.63. The second-order valence-corrected chi connectivity index (χ2v) is 3.69. The van der Waals surface area contributed by atoms with Crippen LogP contribution in [0.1, 0.15) is 5.56 Å². The Labute approximate surface area is 108 Å². The van der Waals surface area contributed by atoms with Gasteiger partial charge in [-0.3, -0.25) is 10.1 Å². The lowest BCUT2D eigenvalue weighted by atomic mass is 10.2. The molecule has 2 aromatic carbocycles. The van der Waals surface area contributed by atoms with Gasteiger partial charge in [0.05, 0.1) is 16.7 Å². The summed E-state index contributed by atoms with van der Waals surface area (Å²) in [6.45, 7) is 0. The third-order valence-electron chi connectivity index (χ3n) is 2.43. The van der Waals surface area contributed by atoms with Gasteiger partial charge in [0, 0.05) is 0 Å². The number of nitrogens with zero attached hydrogens (tertiary/aromatic N) is 2. The molecule has 0 aliphatic heterocycles. The number of rotatable bonds is 3. The van der Waals surface area contributed by atoms with Gasteiger partial charge < -0.3 is 10.5 Å². The molecule has 94 valence electrons. The first-order valence-corrected chi connectivity index (χ1v) is 5.32. The van der Waals surface area contributed by atoms with Crippen LogP contribution in [0.5, 0.6) is 11.5 Å². The molecule has 19 heavy (non-hydrogen) atoms. The van der Waals surface area contributed by atoms with Gasteiger partial charge in [0.2, 0.25) is 0 Å². The van der Waals surface area contributed by atoms with Crippen molar-refractivity contribution in [2.45, 2.75) is 0 Å². The van der Waals surface area contributed by atoms with E-state index in [-0.39, 0.29) is 17.0 Å². The number of nitrogens with two attached hydrogens (primary N) is 1. The molecule has 0 atom stereocenters. The first-order valence-electron chi connectivity index (χ1n) is 5.32. The number of nitrogen functional groups attached to an aromatic ring is 1. The van der Waals surface area contributed by atoms with Crippen molar-refractivity contribution in [3.8, 4) is 17.6 Å². The highest BCUT2D eigenvalue weighted by Crippen LogP contribution is 2.30. The number of nitro groups is 1. The van der Waals surface area contributed by atoms with Gasteiger partial charge in [-0.2, -0.15) is 5.26 Å². The fourth-order valence-corrected chi connectivity index (χ4v) is 1.52. The minimum Gasteiger partial charge on any atom is -0.455 e. The van der Waals surface area contributed by atoms with Gasteiger partial charge in [-0.05, 0) is 24.3 Å². The number of ether oxygens (including phenoxy) is 1. The predicted molar refractivity (Wildman–Crippen MR) is 68.7 cm³/mol. The van der Waals surface area contributed by atoms with Crippen LogP contribution in [0, 0.1) is 21.4 Å². The summed E-state index contributed by atoms with van der Waals surface area (Å²) in [6, 6.07) is 12.6. The third-order valence-corrected chi connectivity index (χ3v) is 2.43. The molecular formula is C13H9N3O3. The molecule has 0 bridgehead atoms. The highest BCUT2D eigenvalue weighted by molar-refractivity contribution is 5.56. The number of anilines is 1. The average molecular weight is 255 g/mol. The number of hydrogen-bond acceptors (Lipinski definition) is 5. The maximum absolute atomic E-state index is 10.8. The Morgan fingerprint density at radius 1 is 1.26 bits per heavy atom. The molecule has 0 saturated heterocycles. The summed E-state index contributed by atoms with van der Waals surface area (Å²) in [5, 5.41) is 19.6. The fourth-order valence-electron chi connectivity index (χ4n) is 1.52. The molecule has 6 nitrogen and oxygen atoms in total. The monoisotopic (exact) mass is 255 g/mol. The summed E-state index contributed by atoms with van der Waals surface area (Å²) >= 11 is 0. The Hall–Kier alpha value is -3.07. The van der Waals surface area contributed by atoms with Crippen molar-refractivity contribution in [2.24, 2.45) is 0 Å². The van der Waals surface area contributed by atoms with Gasteiger partial charge in [-0.15, -0.1) is 0 Å². The van der Waals surface area contributed by atoms with E-state index in [1.54, 1.807) is 30.3 Å². The molecular weight excluding hydrogens is 246 g/mol. The standard InChI is InChI=1S/C13H9N3O3/c14-8-9-5-6-10(7-12(9)16(17)18)19-13-4-2-1-3-11(13)15/h1-7H,15H2. The van der Waals surface area contributed by atoms with E-state index in [4.69, 9.17) is 15.7 Å². The molecule has 0 amide bonds. The van der Waals surface area contributed by atoms with E-state index in [0.717, 1.165) is 0 Å². The Kier molecular flexibility index (Phi) is 3.30. The summed E-state index contributed by atoms with van der Waals surface area (Å²) in [5.41, 5.74) is 5.82. The first kappa shape index (κ1) is 12.4. The Morgan fingerprint density at radius 3 is 2.63 bits per heavy atom. The molecule has 6 heteroatoms. The highest BCUT2D eigenvalue weighted by Gasteiger charge is 2.15. The second-order valence-electron chi connectivity index (χ2n) is 3.69. The molecule has 2 rings (SSSR count). The van der Waals surface area contributed by atoms with Crippen LogP contribution < -0.4 is 10.5 Å². The number of benzene rings is 2. The quantitative estimate of drug-likeness (QED) is 0.516. The zero-order valence-electron chi connectivity index (χ0n) is 9.74. The van der Waals surface area contributed by atoms with Crippen molar-refractivity contribution in [2.75, 3.05) is 5.73 Å². The zero-order valence-corrected chi connectivity index (χ0v) is 9.74. The average Bonchev–Trinajstić information content (AvgIpc) is 2.41. The van der Waals surface area contributed by atoms with Crippen molar-refractivity contribution >= 4 is 11.4 Å². The van der Waals surface area contributed by atoms with E-state index in [2.05, 4.69) is 0 Å². The van der Waals surface area contributed by atoms with Crippen LogP contribution >= 0.6 is 0 Å². The van der Waals surface area contributed by atoms with Gasteiger partial charge in [0.15, 0.2) is 0 Å². The van der Waals surface area contributed by atoms with Crippen LogP contribution in [0.15, 0.2) is 42.5 Å². The summed E-state index contributed by atoms with van der Waals surface area (Å²) in [4.78, 5) is 10.2. The van der Waals surface area contributed by atoms with Crippen LogP contribution in [-0.2, 0) is 0 Å². The van der Waals surface area contributed by atoms with Gasteiger partial charge >= 0.3 is 0 Å². The number of para-hydroxylation sites is 2. The SMILES string of the molecule is N#Cc1ccc(Oc2ccccc2N)cc1[N+](=O)[O-]. The molecule has 0 aliphatic rings. The number of hydrogen-bond donors (Lipinski definition) is 1. The molecule has 0 fully saturated rings. The fraction of sp³-hybridized carbons (Fsp3) is 0. The molecule has 0 radical (unpaired) electrons. The van der Waals surface area contributed by atoms with Gasteiger partial charge in [0.25, 0.3) is 5.69 Å². The highest BCUT2D eigenvalue weighted by atomic mass is 16.6. The van der Waals surface area contributed by atoms with E-state index < -0.39 is 4.92 Å². The van der Waals surface area contributed by atoms with Crippen molar-refractivity contribution in [1.82, 2.24) is 0 Å². The first-order chi connectivity index (χ1) is 9.11. The molecule has 2 aromatic rings. The largest absolute Gasteiger partial charge is 0.455 e. The number of nitriles is 1. The molecule has 0 spiro atoms. The maximum atomic E-state index is 10.8. The van der Waals surface area contributed by atoms with E-state index >= 15 is 0 Å². The third kappa shape index (κ3) is 2.61. The van der Waals surface area contributed by atoms with Crippen LogP contribution in [0.3, 0.4) is 0 Å². The van der Waals surface area contributed by atoms with Crippen LogP contribution in [0.4, 0.5) is 11.4 Å². The summed E-state index contributed by atoms with van der Waals surface area (Å²) in [5.74, 6) is 0.658. The van der Waals surface area contributed by atoms with Crippen molar-refractivity contribution in [1.29, 1.82) is 5.26 Å². The van der Waals surface area contributed by atoms with Crippen LogP contribution in [-0.4, -0.2) is 4.92 Å². The predicted octanol–water partition coefficient (Wildman–Crippen LogP) is 2.84. The minimum atomic E-state index is -0.625. The lowest BCUT2D eigenvalue weighted by Gasteiger charge is -2.08. The zero-order chi connectivity index (χ0) is 13.8. The summed E-state index contributed by atoms with van der Waals surface area (Å²) in [6.07, 6.45) is 0. The number of nitro benzene ring substituents is 1. The minimum absolute atomic E-state index is 0.0154. The lowest BCUT2D eigenvalue weighted by Crippen LogP contribution is -1.95. The van der Waals surface area contributed by atoms with Crippen LogP contribution in [0.25, 0.3) is 0 Å². The Balaban J connectivity index is 2.38. The van der Waals surface area contributed by atoms with E-state index in [0.29, 0.717) is 11.4 Å². The molecule has 2 N–H and O–H groups in total. The van der Waals surface area contributed by atoms with Crippen molar-refractivity contribution < 1.29 is 9.66 Å². The van der Waals surface area contributed by atoms with E-state index in [1.807, 2.05) is 0 Å². The molecule has 0 saturated carbocycles. The van der Waals surface area contributed by atoms with E-state index in [1.165, 1.54) is 18.2 Å². The van der Waals surface area contributed by atoms with Crippen LogP contribution in [0.2, 0.25) is 0 Å². The van der Waals surface area contributed by atoms with Gasteiger partial charge in [-0.25, -0.2) is 0 Å². The second kappa shape index (κ2) is 5.06. The van der Waals surface area contributed by atoms with E-state index in [9.17, 15) is 10.1 Å². The van der Waals surface area contributed by atoms with Gasteiger partial charge in [-0.1, -0.05) is 12.1 Å². The van der Waals surface area contributed by atoms with Crippen molar-refractivity contribution in [3.05, 3.63) is 58.1 Å². The summed E-state index contributed by atoms with van der Waals surface area (Å²) in [7, 11) is 0. The Bertz CT molecular complexity index is 677. The van der Waals surface area contributed by atoms with Crippen molar-refractivity contribution in [3.63, 3.8) is 0 Å². The summed E-state index contributed by atoms with van der Waals surface area (Å²) < 4.78 is 5.46. The molecule has 0 unspecified atom stereocenters.